The summed E-state index contributed by atoms with van der Waals surface area (Å²) in [6.45, 7) is 4.41. The quantitative estimate of drug-likeness (QED) is 0.830. The summed E-state index contributed by atoms with van der Waals surface area (Å²) in [6, 6.07) is 12.5. The van der Waals surface area contributed by atoms with Gasteiger partial charge in [-0.2, -0.15) is 4.31 Å². The summed E-state index contributed by atoms with van der Waals surface area (Å²) < 4.78 is 40.1. The highest BCUT2D eigenvalue weighted by molar-refractivity contribution is 7.89. The van der Waals surface area contributed by atoms with Gasteiger partial charge in [-0.1, -0.05) is 24.3 Å². The SMILES string of the molecule is Cc1ccccc1[C@@H](C)NC(=O)[C@H]1CCCN(S(=O)(=O)c2ccc(F)cc2)C1. The lowest BCUT2D eigenvalue weighted by Gasteiger charge is -2.32. The molecular weight excluding hydrogens is 379 g/mol. The number of hydrogen-bond acceptors (Lipinski definition) is 3. The second kappa shape index (κ2) is 8.41. The molecule has 0 aliphatic carbocycles. The monoisotopic (exact) mass is 404 g/mol. The molecule has 1 amide bonds. The minimum absolute atomic E-state index is 0.0447. The predicted octanol–water partition coefficient (Wildman–Crippen LogP) is 3.41. The van der Waals surface area contributed by atoms with Crippen molar-refractivity contribution in [1.29, 1.82) is 0 Å². The number of halogens is 1. The van der Waals surface area contributed by atoms with Crippen molar-refractivity contribution in [2.75, 3.05) is 13.1 Å². The molecule has 1 saturated heterocycles. The minimum atomic E-state index is -3.75. The van der Waals surface area contributed by atoms with Gasteiger partial charge in [0.15, 0.2) is 0 Å². The van der Waals surface area contributed by atoms with Crippen molar-refractivity contribution in [1.82, 2.24) is 9.62 Å². The third-order valence-electron chi connectivity index (χ3n) is 5.22. The van der Waals surface area contributed by atoms with Crippen molar-refractivity contribution in [2.45, 2.75) is 37.6 Å². The van der Waals surface area contributed by atoms with Crippen molar-refractivity contribution in [2.24, 2.45) is 5.92 Å². The molecule has 2 aromatic rings. The van der Waals surface area contributed by atoms with Crippen LogP contribution in [-0.2, 0) is 14.8 Å². The molecule has 1 N–H and O–H groups in total. The van der Waals surface area contributed by atoms with Crippen LogP contribution in [0.5, 0.6) is 0 Å². The van der Waals surface area contributed by atoms with Crippen LogP contribution in [0.2, 0.25) is 0 Å². The molecular formula is C21H25FN2O3S. The molecule has 1 aliphatic heterocycles. The van der Waals surface area contributed by atoms with Crippen LogP contribution in [0.4, 0.5) is 4.39 Å². The number of nitrogens with zero attached hydrogens (tertiary/aromatic N) is 1. The summed E-state index contributed by atoms with van der Waals surface area (Å²) in [5.74, 6) is -1.04. The van der Waals surface area contributed by atoms with Gasteiger partial charge in [0.05, 0.1) is 16.9 Å². The van der Waals surface area contributed by atoms with Gasteiger partial charge in [0, 0.05) is 13.1 Å². The largest absolute Gasteiger partial charge is 0.349 e. The lowest BCUT2D eigenvalue weighted by Crippen LogP contribution is -2.45. The Bertz CT molecular complexity index is 944. The number of carbonyl (C=O) groups excluding carboxylic acids is 1. The van der Waals surface area contributed by atoms with Gasteiger partial charge in [-0.3, -0.25) is 4.79 Å². The van der Waals surface area contributed by atoms with Crippen molar-refractivity contribution in [3.8, 4) is 0 Å². The molecule has 1 aliphatic rings. The lowest BCUT2D eigenvalue weighted by atomic mass is 9.97. The highest BCUT2D eigenvalue weighted by atomic mass is 32.2. The molecule has 0 spiro atoms. The highest BCUT2D eigenvalue weighted by Crippen LogP contribution is 2.25. The van der Waals surface area contributed by atoms with E-state index in [1.807, 2.05) is 38.1 Å². The number of nitrogens with one attached hydrogen (secondary N) is 1. The minimum Gasteiger partial charge on any atom is -0.349 e. The Labute approximate surface area is 165 Å². The number of rotatable bonds is 5. The Morgan fingerprint density at radius 2 is 1.86 bits per heavy atom. The van der Waals surface area contributed by atoms with E-state index in [0.717, 1.165) is 23.3 Å². The van der Waals surface area contributed by atoms with Gasteiger partial charge in [0.1, 0.15) is 5.82 Å². The first kappa shape index (κ1) is 20.5. The molecule has 1 heterocycles. The summed E-state index contributed by atoms with van der Waals surface area (Å²) in [6.07, 6.45) is 1.25. The molecule has 5 nitrogen and oxygen atoms in total. The number of aryl methyl sites for hydroxylation is 1. The van der Waals surface area contributed by atoms with E-state index >= 15 is 0 Å². The Hall–Kier alpha value is -2.25. The average molecular weight is 405 g/mol. The summed E-state index contributed by atoms with van der Waals surface area (Å²) >= 11 is 0. The van der Waals surface area contributed by atoms with Gasteiger partial charge in [0.2, 0.25) is 15.9 Å². The van der Waals surface area contributed by atoms with Gasteiger partial charge in [-0.15, -0.1) is 0 Å². The average Bonchev–Trinajstić information content (AvgIpc) is 2.68. The Balaban J connectivity index is 1.69. The number of piperidine rings is 1. The fraction of sp³-hybridized carbons (Fsp3) is 0.381. The van der Waals surface area contributed by atoms with Gasteiger partial charge in [-0.05, 0) is 62.1 Å². The van der Waals surface area contributed by atoms with Crippen LogP contribution < -0.4 is 5.32 Å². The summed E-state index contributed by atoms with van der Waals surface area (Å²) in [5.41, 5.74) is 2.14. The van der Waals surface area contributed by atoms with E-state index in [9.17, 15) is 17.6 Å². The highest BCUT2D eigenvalue weighted by Gasteiger charge is 2.33. The maximum atomic E-state index is 13.1. The Morgan fingerprint density at radius 3 is 2.54 bits per heavy atom. The van der Waals surface area contributed by atoms with E-state index in [2.05, 4.69) is 5.32 Å². The third-order valence-corrected chi connectivity index (χ3v) is 7.10. The van der Waals surface area contributed by atoms with Crippen LogP contribution in [0.15, 0.2) is 53.4 Å². The number of amides is 1. The molecule has 0 saturated carbocycles. The van der Waals surface area contributed by atoms with Gasteiger partial charge < -0.3 is 5.32 Å². The van der Waals surface area contributed by atoms with Crippen molar-refractivity contribution in [3.63, 3.8) is 0 Å². The number of hydrogen-bond donors (Lipinski definition) is 1. The second-order valence-corrected chi connectivity index (χ2v) is 9.18. The lowest BCUT2D eigenvalue weighted by molar-refractivity contribution is -0.126. The maximum absolute atomic E-state index is 13.1. The van der Waals surface area contributed by atoms with Crippen molar-refractivity contribution >= 4 is 15.9 Å². The first-order chi connectivity index (χ1) is 13.3. The second-order valence-electron chi connectivity index (χ2n) is 7.24. The van der Waals surface area contributed by atoms with Gasteiger partial charge >= 0.3 is 0 Å². The fourth-order valence-electron chi connectivity index (χ4n) is 3.61. The van der Waals surface area contributed by atoms with Crippen molar-refractivity contribution in [3.05, 3.63) is 65.5 Å². The molecule has 1 fully saturated rings. The summed E-state index contributed by atoms with van der Waals surface area (Å²) in [7, 11) is -3.75. The molecule has 28 heavy (non-hydrogen) atoms. The number of sulfonamides is 1. The molecule has 0 unspecified atom stereocenters. The van der Waals surface area contributed by atoms with E-state index in [0.29, 0.717) is 19.4 Å². The Morgan fingerprint density at radius 1 is 1.18 bits per heavy atom. The predicted molar refractivity (Wildman–Crippen MR) is 106 cm³/mol. The zero-order chi connectivity index (χ0) is 20.3. The van der Waals surface area contributed by atoms with E-state index in [4.69, 9.17) is 0 Å². The maximum Gasteiger partial charge on any atom is 0.243 e. The molecule has 2 atom stereocenters. The van der Waals surface area contributed by atoms with Gasteiger partial charge in [0.25, 0.3) is 0 Å². The smallest absolute Gasteiger partial charge is 0.243 e. The van der Waals surface area contributed by atoms with Gasteiger partial charge in [-0.25, -0.2) is 12.8 Å². The zero-order valence-electron chi connectivity index (χ0n) is 16.1. The van der Waals surface area contributed by atoms with Crippen LogP contribution >= 0.6 is 0 Å². The topological polar surface area (TPSA) is 66.5 Å². The number of benzene rings is 2. The van der Waals surface area contributed by atoms with Crippen LogP contribution in [0.1, 0.15) is 36.9 Å². The third kappa shape index (κ3) is 4.42. The molecule has 7 heteroatoms. The van der Waals surface area contributed by atoms with Crippen LogP contribution in [0.3, 0.4) is 0 Å². The van der Waals surface area contributed by atoms with Crippen LogP contribution in [0, 0.1) is 18.7 Å². The van der Waals surface area contributed by atoms with E-state index in [1.165, 1.54) is 16.4 Å². The molecule has 0 radical (unpaired) electrons. The standard InChI is InChI=1S/C21H25FN2O3S/c1-15-6-3-4-8-20(15)16(2)23-21(25)17-7-5-13-24(14-17)28(26,27)19-11-9-18(22)10-12-19/h3-4,6,8-12,16-17H,5,7,13-14H2,1-2H3,(H,23,25)/t16-,17+/m1/s1. The molecule has 0 bridgehead atoms. The molecule has 2 aromatic carbocycles. The molecule has 0 aromatic heterocycles. The van der Waals surface area contributed by atoms with Crippen molar-refractivity contribution < 1.29 is 17.6 Å². The fourth-order valence-corrected chi connectivity index (χ4v) is 5.14. The summed E-state index contributed by atoms with van der Waals surface area (Å²) in [5, 5.41) is 3.02. The van der Waals surface area contributed by atoms with Crippen LogP contribution in [-0.4, -0.2) is 31.7 Å². The normalized spacial score (nSPS) is 19.2. The number of carbonyl (C=O) groups is 1. The van der Waals surface area contributed by atoms with Crippen LogP contribution in [0.25, 0.3) is 0 Å². The molecule has 3 rings (SSSR count). The Kier molecular flexibility index (Phi) is 6.15. The molecule has 150 valence electrons. The van der Waals surface area contributed by atoms with E-state index < -0.39 is 21.8 Å². The zero-order valence-corrected chi connectivity index (χ0v) is 16.9. The van der Waals surface area contributed by atoms with E-state index in [1.54, 1.807) is 0 Å². The summed E-state index contributed by atoms with van der Waals surface area (Å²) in [4.78, 5) is 12.8. The first-order valence-electron chi connectivity index (χ1n) is 9.40. The first-order valence-corrected chi connectivity index (χ1v) is 10.8. The van der Waals surface area contributed by atoms with E-state index in [-0.39, 0.29) is 23.4 Å².